The fraction of sp³-hybridized carbons (Fsp3) is 0.538. The van der Waals surface area contributed by atoms with Crippen LogP contribution in [0.15, 0.2) is 18.3 Å². The zero-order valence-electron chi connectivity index (χ0n) is 9.82. The van der Waals surface area contributed by atoms with Crippen molar-refractivity contribution in [3.8, 4) is 0 Å². The second-order valence-electron chi connectivity index (χ2n) is 4.55. The van der Waals surface area contributed by atoms with Crippen LogP contribution in [-0.4, -0.2) is 23.0 Å². The van der Waals surface area contributed by atoms with Crippen LogP contribution in [0.3, 0.4) is 0 Å². The number of carbonyl (C=O) groups excluding carboxylic acids is 1. The summed E-state index contributed by atoms with van der Waals surface area (Å²) in [4.78, 5) is 16.4. The van der Waals surface area contributed by atoms with Gasteiger partial charge in [-0.1, -0.05) is 6.07 Å². The average molecular weight is 219 g/mol. The molecule has 0 bridgehead atoms. The normalized spacial score (nSPS) is 24.6. The Labute approximate surface area is 95.8 Å². The monoisotopic (exact) mass is 219 g/mol. The molecule has 0 saturated carbocycles. The second-order valence-corrected chi connectivity index (χ2v) is 4.55. The Morgan fingerprint density at radius 3 is 3.06 bits per heavy atom. The van der Waals surface area contributed by atoms with Gasteiger partial charge >= 0.3 is 0 Å². The van der Waals surface area contributed by atoms with Crippen LogP contribution in [0, 0.1) is 6.92 Å². The third kappa shape index (κ3) is 2.14. The number of ether oxygens (including phenoxy) is 1. The maximum absolute atomic E-state index is 12.1. The summed E-state index contributed by atoms with van der Waals surface area (Å²) in [5.41, 5.74) is 1.35. The van der Waals surface area contributed by atoms with Crippen LogP contribution in [0.25, 0.3) is 0 Å². The number of nitrogens with zero attached hydrogens (tertiary/aromatic N) is 1. The van der Waals surface area contributed by atoms with Gasteiger partial charge in [-0.05, 0) is 38.3 Å². The van der Waals surface area contributed by atoms with E-state index in [-0.39, 0.29) is 5.78 Å². The first-order valence-electron chi connectivity index (χ1n) is 5.69. The van der Waals surface area contributed by atoms with Gasteiger partial charge in [0.1, 0.15) is 5.60 Å². The van der Waals surface area contributed by atoms with Crippen molar-refractivity contribution in [3.05, 3.63) is 29.6 Å². The Hall–Kier alpha value is -1.22. The number of pyridine rings is 1. The van der Waals surface area contributed by atoms with Crippen LogP contribution >= 0.6 is 0 Å². The molecule has 1 aliphatic heterocycles. The minimum atomic E-state index is -0.579. The Morgan fingerprint density at radius 2 is 2.44 bits per heavy atom. The lowest BCUT2D eigenvalue weighted by Crippen LogP contribution is -2.35. The Balaban J connectivity index is 2.10. The second kappa shape index (κ2) is 4.34. The number of ketones is 1. The van der Waals surface area contributed by atoms with Crippen molar-refractivity contribution in [1.82, 2.24) is 4.98 Å². The molecule has 1 fully saturated rings. The molecule has 1 aromatic heterocycles. The van der Waals surface area contributed by atoms with Crippen molar-refractivity contribution in [3.63, 3.8) is 0 Å². The topological polar surface area (TPSA) is 39.2 Å². The Bertz CT molecular complexity index is 395. The molecule has 1 atom stereocenters. The van der Waals surface area contributed by atoms with Crippen LogP contribution in [0.2, 0.25) is 0 Å². The van der Waals surface area contributed by atoms with Crippen LogP contribution in [-0.2, 0) is 16.0 Å². The molecule has 16 heavy (non-hydrogen) atoms. The van der Waals surface area contributed by atoms with Crippen molar-refractivity contribution in [2.45, 2.75) is 38.7 Å². The molecule has 2 rings (SSSR count). The summed E-state index contributed by atoms with van der Waals surface area (Å²) in [5.74, 6) is 0.145. The van der Waals surface area contributed by atoms with Crippen LogP contribution in [0.5, 0.6) is 0 Å². The molecule has 0 amide bonds. The van der Waals surface area contributed by atoms with E-state index in [1.54, 1.807) is 6.20 Å². The van der Waals surface area contributed by atoms with Gasteiger partial charge in [0.15, 0.2) is 5.78 Å². The highest BCUT2D eigenvalue weighted by molar-refractivity contribution is 5.88. The minimum Gasteiger partial charge on any atom is -0.367 e. The first-order chi connectivity index (χ1) is 7.62. The highest BCUT2D eigenvalue weighted by Crippen LogP contribution is 2.27. The van der Waals surface area contributed by atoms with E-state index in [0.29, 0.717) is 13.0 Å². The van der Waals surface area contributed by atoms with Gasteiger partial charge in [0.2, 0.25) is 0 Å². The molecule has 1 saturated heterocycles. The van der Waals surface area contributed by atoms with E-state index >= 15 is 0 Å². The zero-order chi connectivity index (χ0) is 11.6. The molecule has 0 aliphatic carbocycles. The van der Waals surface area contributed by atoms with Crippen LogP contribution in [0.4, 0.5) is 0 Å². The van der Waals surface area contributed by atoms with Gasteiger partial charge in [-0.3, -0.25) is 9.78 Å². The highest BCUT2D eigenvalue weighted by atomic mass is 16.5. The zero-order valence-corrected chi connectivity index (χ0v) is 9.82. The maximum atomic E-state index is 12.1. The summed E-state index contributed by atoms with van der Waals surface area (Å²) in [6, 6.07) is 3.87. The molecule has 3 nitrogen and oxygen atoms in total. The molecule has 0 N–H and O–H groups in total. The molecule has 86 valence electrons. The predicted octanol–water partition coefficient (Wildman–Crippen LogP) is 2.07. The fourth-order valence-electron chi connectivity index (χ4n) is 2.04. The molecule has 0 aromatic carbocycles. The maximum Gasteiger partial charge on any atom is 0.170 e. The van der Waals surface area contributed by atoms with Gasteiger partial charge in [-0.15, -0.1) is 0 Å². The SMILES string of the molecule is Cc1cccnc1CC(=O)C1(C)CCCO1. The number of aromatic nitrogens is 1. The summed E-state index contributed by atoms with van der Waals surface area (Å²) in [6.45, 7) is 4.57. The number of Topliss-reactive ketones (excluding diaryl/α,β-unsaturated/α-hetero) is 1. The molecule has 1 aromatic rings. The number of hydrogen-bond donors (Lipinski definition) is 0. The predicted molar refractivity (Wildman–Crippen MR) is 61.3 cm³/mol. The summed E-state index contributed by atoms with van der Waals surface area (Å²) in [7, 11) is 0. The van der Waals surface area contributed by atoms with Crippen LogP contribution in [0.1, 0.15) is 31.0 Å². The molecule has 1 aliphatic rings. The average Bonchev–Trinajstić information content (AvgIpc) is 2.70. The first-order valence-corrected chi connectivity index (χ1v) is 5.69. The fourth-order valence-corrected chi connectivity index (χ4v) is 2.04. The molecular weight excluding hydrogens is 202 g/mol. The van der Waals surface area contributed by atoms with Crippen molar-refractivity contribution in [2.24, 2.45) is 0 Å². The standard InChI is InChI=1S/C13H17NO2/c1-10-5-3-7-14-11(10)9-12(15)13(2)6-4-8-16-13/h3,5,7H,4,6,8-9H2,1-2H3. The summed E-state index contributed by atoms with van der Waals surface area (Å²) < 4.78 is 5.54. The molecule has 3 heteroatoms. The largest absolute Gasteiger partial charge is 0.367 e. The third-order valence-electron chi connectivity index (χ3n) is 3.25. The summed E-state index contributed by atoms with van der Waals surface area (Å²) >= 11 is 0. The molecular formula is C13H17NO2. The van der Waals surface area contributed by atoms with Gasteiger partial charge in [0.25, 0.3) is 0 Å². The van der Waals surface area contributed by atoms with Crippen LogP contribution < -0.4 is 0 Å². The van der Waals surface area contributed by atoms with E-state index in [9.17, 15) is 4.79 Å². The van der Waals surface area contributed by atoms with E-state index in [1.807, 2.05) is 26.0 Å². The number of hydrogen-bond acceptors (Lipinski definition) is 3. The third-order valence-corrected chi connectivity index (χ3v) is 3.25. The van der Waals surface area contributed by atoms with Gasteiger partial charge in [0, 0.05) is 12.8 Å². The van der Waals surface area contributed by atoms with Crippen molar-refractivity contribution in [1.29, 1.82) is 0 Å². The Kier molecular flexibility index (Phi) is 3.06. The Morgan fingerprint density at radius 1 is 1.62 bits per heavy atom. The van der Waals surface area contributed by atoms with E-state index in [4.69, 9.17) is 4.74 Å². The van der Waals surface area contributed by atoms with Crippen molar-refractivity contribution in [2.75, 3.05) is 6.61 Å². The molecule has 0 radical (unpaired) electrons. The summed E-state index contributed by atoms with van der Waals surface area (Å²) in [5, 5.41) is 0. The van der Waals surface area contributed by atoms with E-state index in [0.717, 1.165) is 24.1 Å². The van der Waals surface area contributed by atoms with E-state index in [1.165, 1.54) is 0 Å². The van der Waals surface area contributed by atoms with Gasteiger partial charge in [-0.25, -0.2) is 0 Å². The minimum absolute atomic E-state index is 0.145. The van der Waals surface area contributed by atoms with Gasteiger partial charge in [-0.2, -0.15) is 0 Å². The molecule has 2 heterocycles. The van der Waals surface area contributed by atoms with E-state index < -0.39 is 5.60 Å². The highest BCUT2D eigenvalue weighted by Gasteiger charge is 2.37. The van der Waals surface area contributed by atoms with E-state index in [2.05, 4.69) is 4.98 Å². The lowest BCUT2D eigenvalue weighted by Gasteiger charge is -2.21. The number of carbonyl (C=O) groups is 1. The number of rotatable bonds is 3. The summed E-state index contributed by atoms with van der Waals surface area (Å²) in [6.07, 6.45) is 3.91. The quantitative estimate of drug-likeness (QED) is 0.781. The lowest BCUT2D eigenvalue weighted by atomic mass is 9.93. The van der Waals surface area contributed by atoms with Crippen molar-refractivity contribution >= 4 is 5.78 Å². The first kappa shape index (κ1) is 11.3. The molecule has 1 unspecified atom stereocenters. The van der Waals surface area contributed by atoms with Gasteiger partial charge < -0.3 is 4.74 Å². The smallest absolute Gasteiger partial charge is 0.170 e. The van der Waals surface area contributed by atoms with Crippen molar-refractivity contribution < 1.29 is 9.53 Å². The lowest BCUT2D eigenvalue weighted by molar-refractivity contribution is -0.136. The van der Waals surface area contributed by atoms with Gasteiger partial charge in [0.05, 0.1) is 12.1 Å². The molecule has 0 spiro atoms. The number of aryl methyl sites for hydroxylation is 1.